The van der Waals surface area contributed by atoms with E-state index in [0.717, 1.165) is 24.1 Å². The van der Waals surface area contributed by atoms with Crippen LogP contribution in [-0.4, -0.2) is 24.4 Å². The smallest absolute Gasteiger partial charge is 0.490 e. The molecule has 3 rings (SSSR count). The SMILES string of the molecule is CC1(C)OB(c2ccc(OC3CC3)cc2Cl)OC1(C)C. The first-order chi connectivity index (χ1) is 9.28. The van der Waals surface area contributed by atoms with E-state index in [0.29, 0.717) is 11.1 Å². The van der Waals surface area contributed by atoms with Crippen LogP contribution in [0.25, 0.3) is 0 Å². The van der Waals surface area contributed by atoms with Crippen molar-refractivity contribution < 1.29 is 14.0 Å². The summed E-state index contributed by atoms with van der Waals surface area (Å²) in [4.78, 5) is 0. The number of rotatable bonds is 3. The lowest BCUT2D eigenvalue weighted by molar-refractivity contribution is 0.00578. The Balaban J connectivity index is 1.80. The first kappa shape index (κ1) is 14.2. The molecular formula is C15H20BClO3. The maximum absolute atomic E-state index is 6.36. The highest BCUT2D eigenvalue weighted by Crippen LogP contribution is 2.37. The van der Waals surface area contributed by atoms with Crippen molar-refractivity contribution in [2.24, 2.45) is 0 Å². The molecule has 108 valence electrons. The molecule has 1 saturated carbocycles. The quantitative estimate of drug-likeness (QED) is 0.801. The second kappa shape index (κ2) is 4.65. The largest absolute Gasteiger partial charge is 0.496 e. The Bertz CT molecular complexity index is 510. The normalized spacial score (nSPS) is 23.9. The van der Waals surface area contributed by atoms with Gasteiger partial charge in [-0.2, -0.15) is 0 Å². The predicted molar refractivity (Wildman–Crippen MR) is 80.8 cm³/mol. The summed E-state index contributed by atoms with van der Waals surface area (Å²) >= 11 is 6.36. The zero-order valence-electron chi connectivity index (χ0n) is 12.4. The van der Waals surface area contributed by atoms with E-state index in [2.05, 4.69) is 0 Å². The maximum atomic E-state index is 6.36. The fourth-order valence-corrected chi connectivity index (χ4v) is 2.38. The minimum atomic E-state index is -0.428. The van der Waals surface area contributed by atoms with Gasteiger partial charge < -0.3 is 14.0 Å². The van der Waals surface area contributed by atoms with Gasteiger partial charge >= 0.3 is 7.12 Å². The van der Waals surface area contributed by atoms with Gasteiger partial charge in [0.05, 0.1) is 17.3 Å². The minimum absolute atomic E-state index is 0.357. The lowest BCUT2D eigenvalue weighted by Gasteiger charge is -2.32. The van der Waals surface area contributed by atoms with Gasteiger partial charge in [-0.15, -0.1) is 0 Å². The molecule has 1 aliphatic heterocycles. The van der Waals surface area contributed by atoms with Crippen molar-refractivity contribution in [1.82, 2.24) is 0 Å². The van der Waals surface area contributed by atoms with Crippen LogP contribution < -0.4 is 10.2 Å². The molecule has 3 nitrogen and oxygen atoms in total. The molecule has 0 bridgehead atoms. The molecule has 0 aromatic heterocycles. The molecule has 1 heterocycles. The van der Waals surface area contributed by atoms with Gasteiger partial charge in [-0.05, 0) is 52.7 Å². The Labute approximate surface area is 125 Å². The van der Waals surface area contributed by atoms with E-state index in [1.54, 1.807) is 0 Å². The Morgan fingerprint density at radius 3 is 2.25 bits per heavy atom. The second-order valence-corrected chi connectivity index (χ2v) is 7.00. The van der Waals surface area contributed by atoms with Crippen LogP contribution in [0.3, 0.4) is 0 Å². The van der Waals surface area contributed by atoms with E-state index in [4.69, 9.17) is 25.6 Å². The van der Waals surface area contributed by atoms with Crippen LogP contribution >= 0.6 is 11.6 Å². The van der Waals surface area contributed by atoms with Crippen molar-refractivity contribution in [2.75, 3.05) is 0 Å². The van der Waals surface area contributed by atoms with Crippen molar-refractivity contribution in [3.05, 3.63) is 23.2 Å². The first-order valence-corrected chi connectivity index (χ1v) is 7.48. The van der Waals surface area contributed by atoms with Gasteiger partial charge in [-0.3, -0.25) is 0 Å². The van der Waals surface area contributed by atoms with E-state index < -0.39 is 7.12 Å². The zero-order valence-corrected chi connectivity index (χ0v) is 13.2. The predicted octanol–water partition coefficient (Wildman–Crippen LogP) is 3.18. The Morgan fingerprint density at radius 2 is 1.75 bits per heavy atom. The molecule has 0 unspecified atom stereocenters. The maximum Gasteiger partial charge on any atom is 0.496 e. The molecule has 1 aliphatic carbocycles. The Hall–Kier alpha value is -0.705. The third-order valence-corrected chi connectivity index (χ3v) is 4.63. The average molecular weight is 295 g/mol. The third kappa shape index (κ3) is 2.57. The molecule has 0 atom stereocenters. The van der Waals surface area contributed by atoms with Crippen LogP contribution in [0.1, 0.15) is 40.5 Å². The summed E-state index contributed by atoms with van der Waals surface area (Å²) in [5.74, 6) is 0.817. The van der Waals surface area contributed by atoms with Crippen LogP contribution in [0, 0.1) is 0 Å². The van der Waals surface area contributed by atoms with Gasteiger partial charge in [-0.25, -0.2) is 0 Å². The van der Waals surface area contributed by atoms with Crippen molar-refractivity contribution in [3.63, 3.8) is 0 Å². The van der Waals surface area contributed by atoms with E-state index in [1.165, 1.54) is 0 Å². The fourth-order valence-electron chi connectivity index (χ4n) is 2.12. The van der Waals surface area contributed by atoms with E-state index in [-0.39, 0.29) is 11.2 Å². The summed E-state index contributed by atoms with van der Waals surface area (Å²) in [6.45, 7) is 8.13. The third-order valence-electron chi connectivity index (χ3n) is 4.31. The minimum Gasteiger partial charge on any atom is -0.490 e. The molecule has 1 saturated heterocycles. The Kier molecular flexibility index (Phi) is 3.31. The highest BCUT2D eigenvalue weighted by atomic mass is 35.5. The topological polar surface area (TPSA) is 27.7 Å². The molecule has 2 aliphatic rings. The van der Waals surface area contributed by atoms with Crippen molar-refractivity contribution >= 4 is 24.2 Å². The van der Waals surface area contributed by atoms with Gasteiger partial charge in [0.2, 0.25) is 0 Å². The standard InChI is InChI=1S/C15H20BClO3/c1-14(2)15(3,4)20-16(19-14)12-8-7-11(9-13(12)17)18-10-5-6-10/h7-10H,5-6H2,1-4H3. The monoisotopic (exact) mass is 294 g/mol. The molecule has 2 fully saturated rings. The molecule has 0 radical (unpaired) electrons. The van der Waals surface area contributed by atoms with E-state index in [1.807, 2.05) is 45.9 Å². The lowest BCUT2D eigenvalue weighted by atomic mass is 9.79. The summed E-state index contributed by atoms with van der Waals surface area (Å²) in [6, 6.07) is 5.72. The molecule has 20 heavy (non-hydrogen) atoms. The molecule has 5 heteroatoms. The number of ether oxygens (including phenoxy) is 1. The van der Waals surface area contributed by atoms with Crippen molar-refractivity contribution in [2.45, 2.75) is 57.8 Å². The van der Waals surface area contributed by atoms with E-state index >= 15 is 0 Å². The second-order valence-electron chi connectivity index (χ2n) is 6.59. The summed E-state index contributed by atoms with van der Waals surface area (Å²) in [7, 11) is -0.428. The van der Waals surface area contributed by atoms with Crippen LogP contribution in [0.15, 0.2) is 18.2 Å². The van der Waals surface area contributed by atoms with Gasteiger partial charge in [0.25, 0.3) is 0 Å². The highest BCUT2D eigenvalue weighted by Gasteiger charge is 2.52. The van der Waals surface area contributed by atoms with E-state index in [9.17, 15) is 0 Å². The average Bonchev–Trinajstić information content (AvgIpc) is 3.07. The fraction of sp³-hybridized carbons (Fsp3) is 0.600. The summed E-state index contributed by atoms with van der Waals surface area (Å²) < 4.78 is 17.8. The summed E-state index contributed by atoms with van der Waals surface area (Å²) in [5, 5.41) is 0.627. The summed E-state index contributed by atoms with van der Waals surface area (Å²) in [6.07, 6.45) is 2.64. The molecule has 1 aromatic carbocycles. The highest BCUT2D eigenvalue weighted by molar-refractivity contribution is 6.65. The number of hydrogen-bond donors (Lipinski definition) is 0. The Morgan fingerprint density at radius 1 is 1.15 bits per heavy atom. The number of hydrogen-bond acceptors (Lipinski definition) is 3. The van der Waals surface area contributed by atoms with Crippen LogP contribution in [0.5, 0.6) is 5.75 Å². The van der Waals surface area contributed by atoms with Crippen LogP contribution in [-0.2, 0) is 9.31 Å². The molecular weight excluding hydrogens is 274 g/mol. The molecule has 0 amide bonds. The van der Waals surface area contributed by atoms with Gasteiger partial charge in [0.15, 0.2) is 0 Å². The summed E-state index contributed by atoms with van der Waals surface area (Å²) in [5.41, 5.74) is 0.141. The van der Waals surface area contributed by atoms with Crippen molar-refractivity contribution in [1.29, 1.82) is 0 Å². The van der Waals surface area contributed by atoms with Crippen molar-refractivity contribution in [3.8, 4) is 5.75 Å². The van der Waals surface area contributed by atoms with Crippen LogP contribution in [0.4, 0.5) is 0 Å². The lowest BCUT2D eigenvalue weighted by Crippen LogP contribution is -2.41. The molecule has 0 spiro atoms. The zero-order chi connectivity index (χ0) is 14.5. The van der Waals surface area contributed by atoms with Gasteiger partial charge in [0.1, 0.15) is 5.75 Å². The first-order valence-electron chi connectivity index (χ1n) is 7.10. The number of halogens is 1. The molecule has 1 aromatic rings. The van der Waals surface area contributed by atoms with Gasteiger partial charge in [-0.1, -0.05) is 17.7 Å². The molecule has 0 N–H and O–H groups in total. The van der Waals surface area contributed by atoms with Crippen LogP contribution in [0.2, 0.25) is 5.02 Å². The number of benzene rings is 1. The van der Waals surface area contributed by atoms with Gasteiger partial charge in [0, 0.05) is 10.5 Å².